The highest BCUT2D eigenvalue weighted by Crippen LogP contribution is 2.50. The first-order valence-corrected chi connectivity index (χ1v) is 18.0. The third-order valence-corrected chi connectivity index (χ3v) is 11.0. The number of nitrogens with zero attached hydrogens (tertiary/aromatic N) is 3. The zero-order chi connectivity index (χ0) is 35.2. The summed E-state index contributed by atoms with van der Waals surface area (Å²) in [6, 6.07) is 13.5. The first-order valence-electron chi connectivity index (χ1n) is 16.6. The van der Waals surface area contributed by atoms with Crippen molar-refractivity contribution in [2.75, 3.05) is 39.5 Å². The lowest BCUT2D eigenvalue weighted by Gasteiger charge is -2.33. The van der Waals surface area contributed by atoms with Gasteiger partial charge in [-0.1, -0.05) is 46.3 Å². The Labute approximate surface area is 307 Å². The molecule has 2 atom stereocenters. The molecular formula is C36H38ClFIN3O8. The number of ether oxygens (including phenoxy) is 4. The van der Waals surface area contributed by atoms with Crippen LogP contribution in [0.25, 0.3) is 11.0 Å². The van der Waals surface area contributed by atoms with Crippen LogP contribution in [0, 0.1) is 5.82 Å². The van der Waals surface area contributed by atoms with Gasteiger partial charge in [-0.05, 0) is 68.6 Å². The van der Waals surface area contributed by atoms with Crippen molar-refractivity contribution in [1.29, 1.82) is 0 Å². The Morgan fingerprint density at radius 3 is 2.56 bits per heavy atom. The lowest BCUT2D eigenvalue weighted by atomic mass is 9.88. The minimum absolute atomic E-state index is 0.0178. The lowest BCUT2D eigenvalue weighted by molar-refractivity contribution is -0.0712. The number of hydrogen-bond acceptors (Lipinski definition) is 9. The highest BCUT2D eigenvalue weighted by atomic mass is 127. The number of aromatic nitrogens is 2. The Balaban J connectivity index is 1.10. The molecule has 0 unspecified atom stereocenters. The molecule has 266 valence electrons. The van der Waals surface area contributed by atoms with Crippen LogP contribution in [0.15, 0.2) is 48.5 Å². The average Bonchev–Trinajstić information content (AvgIpc) is 3.60. The topological polar surface area (TPSA) is 136 Å². The number of alkyl halides is 1. The average molecular weight is 822 g/mol. The van der Waals surface area contributed by atoms with Crippen LogP contribution in [0.2, 0.25) is 5.02 Å². The molecule has 0 amide bonds. The Morgan fingerprint density at radius 1 is 1.14 bits per heavy atom. The number of halogens is 3. The van der Waals surface area contributed by atoms with Gasteiger partial charge in [0.15, 0.2) is 11.5 Å². The van der Waals surface area contributed by atoms with Crippen LogP contribution >= 0.6 is 34.2 Å². The largest absolute Gasteiger partial charge is 0.491 e. The molecule has 4 heterocycles. The zero-order valence-electron chi connectivity index (χ0n) is 27.4. The van der Waals surface area contributed by atoms with E-state index in [1.165, 1.54) is 6.07 Å². The Hall–Kier alpha value is -3.21. The standard InChI is InChI=1S/C36H38ClFIN3O8/c1-35(26-6-5-22(37)13-27(26)38)49-30-4-2-3-24(33(30)50-35)21-7-10-41(11-8-21)17-32-40-28-15-31(48-20-36(39,18-43)19-44)25(34(45)46)14-29(28)42(32)16-23-9-12-47-23/h2-6,13-15,21,23,43-44H,7-12,16-20H2,1H3,(H,45,46)/t23-,35-/m0/s1. The van der Waals surface area contributed by atoms with Crippen molar-refractivity contribution in [1.82, 2.24) is 14.5 Å². The maximum atomic E-state index is 14.9. The van der Waals surface area contributed by atoms with Crippen LogP contribution in [0.3, 0.4) is 0 Å². The molecule has 50 heavy (non-hydrogen) atoms. The van der Waals surface area contributed by atoms with Crippen LogP contribution in [-0.4, -0.2) is 84.8 Å². The smallest absolute Gasteiger partial charge is 0.339 e. The molecule has 3 aromatic carbocycles. The van der Waals surface area contributed by atoms with Gasteiger partial charge in [0.2, 0.25) is 0 Å². The summed E-state index contributed by atoms with van der Waals surface area (Å²) in [4.78, 5) is 19.6. The number of likely N-dealkylation sites (tertiary alicyclic amines) is 1. The molecule has 0 radical (unpaired) electrons. The summed E-state index contributed by atoms with van der Waals surface area (Å²) in [6.45, 7) is 4.34. The summed E-state index contributed by atoms with van der Waals surface area (Å²) in [5.41, 5.74) is 2.56. The van der Waals surface area contributed by atoms with Gasteiger partial charge in [0.05, 0.1) is 49.0 Å². The van der Waals surface area contributed by atoms with Crippen molar-refractivity contribution in [2.24, 2.45) is 0 Å². The second-order valence-electron chi connectivity index (χ2n) is 13.3. The third-order valence-electron chi connectivity index (χ3n) is 9.82. The monoisotopic (exact) mass is 821 g/mol. The van der Waals surface area contributed by atoms with Crippen LogP contribution < -0.4 is 14.2 Å². The van der Waals surface area contributed by atoms with E-state index in [-0.39, 0.29) is 48.7 Å². The molecule has 14 heteroatoms. The molecule has 4 aromatic rings. The van der Waals surface area contributed by atoms with E-state index in [2.05, 4.69) is 9.47 Å². The molecule has 11 nitrogen and oxygen atoms in total. The van der Waals surface area contributed by atoms with Gasteiger partial charge < -0.3 is 38.8 Å². The molecule has 2 saturated heterocycles. The Morgan fingerprint density at radius 2 is 1.90 bits per heavy atom. The highest BCUT2D eigenvalue weighted by molar-refractivity contribution is 14.1. The number of carboxylic acid groups (broad SMARTS) is 1. The number of benzene rings is 3. The molecule has 2 fully saturated rings. The summed E-state index contributed by atoms with van der Waals surface area (Å²) in [5, 5.41) is 29.8. The second-order valence-corrected chi connectivity index (χ2v) is 16.0. The molecule has 0 saturated carbocycles. The highest BCUT2D eigenvalue weighted by Gasteiger charge is 2.43. The molecule has 0 spiro atoms. The number of aliphatic hydroxyl groups excluding tert-OH is 2. The first kappa shape index (κ1) is 35.2. The number of carbonyl (C=O) groups is 1. The SMILES string of the molecule is C[C@]1(c2ccc(Cl)cc2F)Oc2cccc(C3CCN(Cc4nc5cc(OCC(I)(CO)CO)c(C(=O)O)cc5n4C[C@@H]4CCO4)CC3)c2O1. The maximum absolute atomic E-state index is 14.9. The van der Waals surface area contributed by atoms with Gasteiger partial charge in [-0.2, -0.15) is 0 Å². The van der Waals surface area contributed by atoms with Gasteiger partial charge in [0, 0.05) is 30.2 Å². The van der Waals surface area contributed by atoms with E-state index in [4.69, 9.17) is 35.5 Å². The number of aromatic carboxylic acids is 1. The molecule has 1 aromatic heterocycles. The fourth-order valence-corrected chi connectivity index (χ4v) is 7.15. The number of piperidine rings is 1. The third kappa shape index (κ3) is 6.87. The van der Waals surface area contributed by atoms with E-state index in [0.29, 0.717) is 47.3 Å². The van der Waals surface area contributed by atoms with Crippen LogP contribution in [0.5, 0.6) is 17.2 Å². The summed E-state index contributed by atoms with van der Waals surface area (Å²) >= 11 is 7.91. The van der Waals surface area contributed by atoms with Gasteiger partial charge in [-0.3, -0.25) is 4.90 Å². The van der Waals surface area contributed by atoms with E-state index < -0.39 is 21.0 Å². The normalized spacial score (nSPS) is 21.0. The van der Waals surface area contributed by atoms with Crippen LogP contribution in [-0.2, 0) is 23.6 Å². The van der Waals surface area contributed by atoms with Gasteiger partial charge in [-0.15, -0.1) is 0 Å². The number of rotatable bonds is 12. The quantitative estimate of drug-likeness (QED) is 0.118. The van der Waals surface area contributed by atoms with E-state index >= 15 is 0 Å². The number of para-hydroxylation sites is 1. The minimum atomic E-state index is -1.32. The van der Waals surface area contributed by atoms with Crippen LogP contribution in [0.1, 0.15) is 59.4 Å². The summed E-state index contributed by atoms with van der Waals surface area (Å²) in [6.07, 6.45) is 2.64. The number of fused-ring (bicyclic) bond motifs is 2. The Kier molecular flexibility index (Phi) is 9.91. The molecule has 0 bridgehead atoms. The van der Waals surface area contributed by atoms with Crippen molar-refractivity contribution in [2.45, 2.75) is 60.5 Å². The Bertz CT molecular complexity index is 1910. The second kappa shape index (κ2) is 14.1. The van der Waals surface area contributed by atoms with Gasteiger partial charge in [-0.25, -0.2) is 14.2 Å². The van der Waals surface area contributed by atoms with Crippen LogP contribution in [0.4, 0.5) is 4.39 Å². The molecule has 3 aliphatic heterocycles. The van der Waals surface area contributed by atoms with Gasteiger partial charge >= 0.3 is 5.97 Å². The van der Waals surface area contributed by atoms with Gasteiger partial charge in [0.1, 0.15) is 33.0 Å². The van der Waals surface area contributed by atoms with E-state index in [9.17, 15) is 24.5 Å². The van der Waals surface area contributed by atoms with Crippen molar-refractivity contribution in [3.05, 3.63) is 81.9 Å². The first-order chi connectivity index (χ1) is 24.0. The number of aliphatic hydroxyl groups is 2. The zero-order valence-corrected chi connectivity index (χ0v) is 30.3. The van der Waals surface area contributed by atoms with Crippen molar-refractivity contribution >= 4 is 51.2 Å². The van der Waals surface area contributed by atoms with Crippen molar-refractivity contribution in [3.63, 3.8) is 0 Å². The molecule has 3 aliphatic rings. The van der Waals surface area contributed by atoms with E-state index in [0.717, 1.165) is 43.7 Å². The summed E-state index contributed by atoms with van der Waals surface area (Å²) in [7, 11) is 0. The van der Waals surface area contributed by atoms with Crippen molar-refractivity contribution in [3.8, 4) is 17.2 Å². The maximum Gasteiger partial charge on any atom is 0.339 e. The lowest BCUT2D eigenvalue weighted by Crippen LogP contribution is -2.37. The minimum Gasteiger partial charge on any atom is -0.491 e. The van der Waals surface area contributed by atoms with E-state index in [1.807, 2.05) is 40.8 Å². The fourth-order valence-electron chi connectivity index (χ4n) is 6.83. The molecular weight excluding hydrogens is 784 g/mol. The predicted octanol–water partition coefficient (Wildman–Crippen LogP) is 5.88. The number of imidazole rings is 1. The predicted molar refractivity (Wildman–Crippen MR) is 191 cm³/mol. The van der Waals surface area contributed by atoms with E-state index in [1.54, 1.807) is 31.2 Å². The molecule has 7 rings (SSSR count). The number of hydrogen-bond donors (Lipinski definition) is 3. The molecule has 3 N–H and O–H groups in total. The fraction of sp³-hybridized carbons (Fsp3) is 0.444. The van der Waals surface area contributed by atoms with Crippen molar-refractivity contribution < 1.29 is 43.5 Å². The van der Waals surface area contributed by atoms with Gasteiger partial charge in [0.25, 0.3) is 5.79 Å². The molecule has 0 aliphatic carbocycles. The summed E-state index contributed by atoms with van der Waals surface area (Å²) in [5.74, 6) is -0.623. The number of carboxylic acids is 1. The summed E-state index contributed by atoms with van der Waals surface area (Å²) < 4.78 is 40.2.